The first kappa shape index (κ1) is 25.4. The standard InChI is InChI=1S/C27H38N2O3/c1-7-9-14-28-27(31)24(8-2)29(17-23-12-10-19(3)11-13-23)26(30)18-32-25-16-20(4)15-21(5)22(25)6/h10-13,15-16,24H,7-9,14,17-18H2,1-6H3,(H,28,31)/t24-/m0/s1. The normalized spacial score (nSPS) is 11.7. The molecule has 0 aliphatic carbocycles. The molecule has 0 saturated heterocycles. The molecule has 5 nitrogen and oxygen atoms in total. The molecule has 0 aliphatic heterocycles. The van der Waals surface area contributed by atoms with E-state index in [0.29, 0.717) is 25.3 Å². The second-order valence-electron chi connectivity index (χ2n) is 8.57. The van der Waals surface area contributed by atoms with E-state index in [1.807, 2.05) is 65.0 Å². The van der Waals surface area contributed by atoms with Gasteiger partial charge in [0.1, 0.15) is 11.8 Å². The summed E-state index contributed by atoms with van der Waals surface area (Å²) in [5.41, 5.74) is 5.40. The highest BCUT2D eigenvalue weighted by Crippen LogP contribution is 2.23. The number of carbonyl (C=O) groups is 2. The highest BCUT2D eigenvalue weighted by Gasteiger charge is 2.29. The molecule has 0 saturated carbocycles. The lowest BCUT2D eigenvalue weighted by Crippen LogP contribution is -2.50. The van der Waals surface area contributed by atoms with Crippen LogP contribution in [0.4, 0.5) is 0 Å². The van der Waals surface area contributed by atoms with Crippen LogP contribution < -0.4 is 10.1 Å². The van der Waals surface area contributed by atoms with Gasteiger partial charge < -0.3 is 15.0 Å². The lowest BCUT2D eigenvalue weighted by Gasteiger charge is -2.30. The van der Waals surface area contributed by atoms with Gasteiger partial charge in [0.15, 0.2) is 6.61 Å². The molecule has 0 bridgehead atoms. The Labute approximate surface area is 193 Å². The Morgan fingerprint density at radius 2 is 1.69 bits per heavy atom. The number of nitrogens with one attached hydrogen (secondary N) is 1. The maximum Gasteiger partial charge on any atom is 0.261 e. The minimum atomic E-state index is -0.537. The first-order chi connectivity index (χ1) is 15.3. The minimum absolute atomic E-state index is 0.103. The minimum Gasteiger partial charge on any atom is -0.483 e. The SMILES string of the molecule is CCCCNC(=O)[C@H](CC)N(Cc1ccc(C)cc1)C(=O)COc1cc(C)cc(C)c1C. The van der Waals surface area contributed by atoms with Crippen molar-refractivity contribution in [3.63, 3.8) is 0 Å². The number of unbranched alkanes of at least 4 members (excludes halogenated alkanes) is 1. The molecule has 0 fully saturated rings. The number of hydrogen-bond acceptors (Lipinski definition) is 3. The van der Waals surface area contributed by atoms with Gasteiger partial charge in [0.2, 0.25) is 5.91 Å². The van der Waals surface area contributed by atoms with Crippen molar-refractivity contribution in [3.8, 4) is 5.75 Å². The molecule has 174 valence electrons. The molecular weight excluding hydrogens is 400 g/mol. The first-order valence-corrected chi connectivity index (χ1v) is 11.6. The van der Waals surface area contributed by atoms with E-state index in [0.717, 1.165) is 40.7 Å². The van der Waals surface area contributed by atoms with E-state index in [1.165, 1.54) is 0 Å². The predicted molar refractivity (Wildman–Crippen MR) is 130 cm³/mol. The van der Waals surface area contributed by atoms with Gasteiger partial charge in [-0.1, -0.05) is 56.2 Å². The molecule has 0 aromatic heterocycles. The van der Waals surface area contributed by atoms with E-state index in [9.17, 15) is 9.59 Å². The van der Waals surface area contributed by atoms with Crippen molar-refractivity contribution in [1.29, 1.82) is 0 Å². The number of nitrogens with zero attached hydrogens (tertiary/aromatic N) is 1. The zero-order valence-corrected chi connectivity index (χ0v) is 20.5. The summed E-state index contributed by atoms with van der Waals surface area (Å²) in [6.45, 7) is 13.0. The highest BCUT2D eigenvalue weighted by atomic mass is 16.5. The molecule has 1 atom stereocenters. The van der Waals surface area contributed by atoms with E-state index in [2.05, 4.69) is 18.3 Å². The van der Waals surface area contributed by atoms with E-state index < -0.39 is 6.04 Å². The van der Waals surface area contributed by atoms with Gasteiger partial charge in [0.05, 0.1) is 0 Å². The third-order valence-electron chi connectivity index (χ3n) is 5.80. The Morgan fingerprint density at radius 3 is 2.31 bits per heavy atom. The Morgan fingerprint density at radius 1 is 1.00 bits per heavy atom. The fourth-order valence-corrected chi connectivity index (χ4v) is 3.69. The average Bonchev–Trinajstić information content (AvgIpc) is 2.76. The zero-order chi connectivity index (χ0) is 23.7. The second kappa shape index (κ2) is 12.3. The van der Waals surface area contributed by atoms with Crippen LogP contribution >= 0.6 is 0 Å². The number of benzene rings is 2. The van der Waals surface area contributed by atoms with Crippen LogP contribution in [-0.2, 0) is 16.1 Å². The Hall–Kier alpha value is -2.82. The van der Waals surface area contributed by atoms with E-state index in [4.69, 9.17) is 4.74 Å². The molecule has 2 aromatic carbocycles. The number of ether oxygens (including phenoxy) is 1. The number of carbonyl (C=O) groups excluding carboxylic acids is 2. The van der Waals surface area contributed by atoms with Crippen molar-refractivity contribution in [2.24, 2.45) is 0 Å². The summed E-state index contributed by atoms with van der Waals surface area (Å²) in [5.74, 6) is 0.414. The van der Waals surface area contributed by atoms with Crippen molar-refractivity contribution in [3.05, 3.63) is 64.2 Å². The molecule has 2 rings (SSSR count). The van der Waals surface area contributed by atoms with Gasteiger partial charge in [0.25, 0.3) is 5.91 Å². The summed E-state index contributed by atoms with van der Waals surface area (Å²) in [6, 6.07) is 11.6. The Bertz CT molecular complexity index is 906. The Kier molecular flexibility index (Phi) is 9.76. The van der Waals surface area contributed by atoms with E-state index in [-0.39, 0.29) is 18.4 Å². The summed E-state index contributed by atoms with van der Waals surface area (Å²) in [7, 11) is 0. The molecule has 0 radical (unpaired) electrons. The Balaban J connectivity index is 2.22. The summed E-state index contributed by atoms with van der Waals surface area (Å²) >= 11 is 0. The lowest BCUT2D eigenvalue weighted by molar-refractivity contribution is -0.143. The average molecular weight is 439 g/mol. The molecule has 0 aliphatic rings. The molecule has 5 heteroatoms. The summed E-state index contributed by atoms with van der Waals surface area (Å²) in [5, 5.41) is 2.99. The quantitative estimate of drug-likeness (QED) is 0.501. The van der Waals surface area contributed by atoms with Crippen LogP contribution in [0.3, 0.4) is 0 Å². The lowest BCUT2D eigenvalue weighted by atomic mass is 10.1. The maximum atomic E-state index is 13.3. The first-order valence-electron chi connectivity index (χ1n) is 11.6. The van der Waals surface area contributed by atoms with Gasteiger partial charge in [-0.15, -0.1) is 0 Å². The van der Waals surface area contributed by atoms with Crippen LogP contribution in [0.15, 0.2) is 36.4 Å². The fraction of sp³-hybridized carbons (Fsp3) is 0.481. The summed E-state index contributed by atoms with van der Waals surface area (Å²) < 4.78 is 5.95. The smallest absolute Gasteiger partial charge is 0.261 e. The van der Waals surface area contributed by atoms with Crippen LogP contribution in [0, 0.1) is 27.7 Å². The molecule has 32 heavy (non-hydrogen) atoms. The molecular formula is C27H38N2O3. The molecule has 2 amide bonds. The van der Waals surface area contributed by atoms with Gasteiger partial charge >= 0.3 is 0 Å². The van der Waals surface area contributed by atoms with Crippen molar-refractivity contribution in [2.45, 2.75) is 73.4 Å². The van der Waals surface area contributed by atoms with Gasteiger partial charge in [-0.25, -0.2) is 0 Å². The number of amides is 2. The second-order valence-corrected chi connectivity index (χ2v) is 8.57. The van der Waals surface area contributed by atoms with Crippen LogP contribution in [0.1, 0.15) is 60.9 Å². The maximum absolute atomic E-state index is 13.3. The number of hydrogen-bond donors (Lipinski definition) is 1. The zero-order valence-electron chi connectivity index (χ0n) is 20.5. The predicted octanol–water partition coefficient (Wildman–Crippen LogP) is 5.02. The van der Waals surface area contributed by atoms with E-state index in [1.54, 1.807) is 4.90 Å². The van der Waals surface area contributed by atoms with Crippen molar-refractivity contribution >= 4 is 11.8 Å². The highest BCUT2D eigenvalue weighted by molar-refractivity contribution is 5.88. The number of aryl methyl sites for hydroxylation is 3. The van der Waals surface area contributed by atoms with E-state index >= 15 is 0 Å². The van der Waals surface area contributed by atoms with Gasteiger partial charge in [-0.3, -0.25) is 9.59 Å². The molecule has 1 N–H and O–H groups in total. The number of rotatable bonds is 11. The van der Waals surface area contributed by atoms with Crippen LogP contribution in [0.5, 0.6) is 5.75 Å². The van der Waals surface area contributed by atoms with Crippen molar-refractivity contribution in [2.75, 3.05) is 13.2 Å². The van der Waals surface area contributed by atoms with Crippen molar-refractivity contribution < 1.29 is 14.3 Å². The largest absolute Gasteiger partial charge is 0.483 e. The summed E-state index contributed by atoms with van der Waals surface area (Å²) in [6.07, 6.45) is 2.47. The monoisotopic (exact) mass is 438 g/mol. The van der Waals surface area contributed by atoms with Gasteiger partial charge in [-0.2, -0.15) is 0 Å². The molecule has 0 heterocycles. The molecule has 2 aromatic rings. The third-order valence-corrected chi connectivity index (χ3v) is 5.80. The molecule has 0 unspecified atom stereocenters. The summed E-state index contributed by atoms with van der Waals surface area (Å²) in [4.78, 5) is 27.9. The fourth-order valence-electron chi connectivity index (χ4n) is 3.69. The van der Waals surface area contributed by atoms with Gasteiger partial charge in [-0.05, 0) is 68.9 Å². The van der Waals surface area contributed by atoms with Gasteiger partial charge in [0, 0.05) is 13.1 Å². The van der Waals surface area contributed by atoms with Crippen LogP contribution in [0.2, 0.25) is 0 Å². The van der Waals surface area contributed by atoms with Crippen LogP contribution in [0.25, 0.3) is 0 Å². The van der Waals surface area contributed by atoms with Crippen LogP contribution in [-0.4, -0.2) is 35.9 Å². The molecule has 0 spiro atoms. The third kappa shape index (κ3) is 7.11. The van der Waals surface area contributed by atoms with Crippen molar-refractivity contribution in [1.82, 2.24) is 10.2 Å². The topological polar surface area (TPSA) is 58.6 Å².